The van der Waals surface area contributed by atoms with E-state index >= 15 is 0 Å². The summed E-state index contributed by atoms with van der Waals surface area (Å²) in [4.78, 5) is 54.7. The molecule has 2 atom stereocenters. The Morgan fingerprint density at radius 1 is 1.13 bits per heavy atom. The van der Waals surface area contributed by atoms with Crippen molar-refractivity contribution in [2.75, 3.05) is 12.4 Å². The summed E-state index contributed by atoms with van der Waals surface area (Å²) in [6, 6.07) is 11.8. The lowest BCUT2D eigenvalue weighted by Gasteiger charge is -2.39. The van der Waals surface area contributed by atoms with Gasteiger partial charge in [-0.15, -0.1) is 0 Å². The number of likely N-dealkylation sites (N-methyl/N-ethyl adjacent to an activating group) is 1. The third-order valence-electron chi connectivity index (χ3n) is 7.22. The van der Waals surface area contributed by atoms with Gasteiger partial charge < -0.3 is 15.5 Å². The highest BCUT2D eigenvalue weighted by Crippen LogP contribution is 2.36. The van der Waals surface area contributed by atoms with Crippen molar-refractivity contribution in [1.82, 2.24) is 19.4 Å². The van der Waals surface area contributed by atoms with Crippen molar-refractivity contribution < 1.29 is 14.0 Å². The number of nitrogens with one attached hydrogen (secondary N) is 2. The topological polar surface area (TPSA) is 105 Å². The van der Waals surface area contributed by atoms with E-state index in [1.54, 1.807) is 57.3 Å². The van der Waals surface area contributed by atoms with E-state index in [9.17, 15) is 23.6 Å². The Morgan fingerprint density at radius 2 is 1.87 bits per heavy atom. The van der Waals surface area contributed by atoms with E-state index < -0.39 is 29.1 Å². The first-order valence-electron chi connectivity index (χ1n) is 12.9. The number of rotatable bonds is 7. The molecule has 2 aliphatic rings. The van der Waals surface area contributed by atoms with Crippen LogP contribution in [0.3, 0.4) is 0 Å². The van der Waals surface area contributed by atoms with Gasteiger partial charge in [-0.3, -0.25) is 23.5 Å². The van der Waals surface area contributed by atoms with Gasteiger partial charge in [0.25, 0.3) is 5.56 Å². The number of halogens is 2. The predicted octanol–water partition coefficient (Wildman–Crippen LogP) is 3.27. The van der Waals surface area contributed by atoms with Crippen LogP contribution in [0.25, 0.3) is 5.69 Å². The van der Waals surface area contributed by atoms with Gasteiger partial charge in [0.15, 0.2) is 0 Å². The first-order valence-corrected chi connectivity index (χ1v) is 13.9. The molecule has 0 radical (unpaired) electrons. The minimum absolute atomic E-state index is 0.100. The maximum atomic E-state index is 14.8. The van der Waals surface area contributed by atoms with Gasteiger partial charge in [0.2, 0.25) is 11.8 Å². The third kappa shape index (κ3) is 5.11. The summed E-state index contributed by atoms with van der Waals surface area (Å²) >= 11 is 2.00. The molecule has 0 bridgehead atoms. The van der Waals surface area contributed by atoms with Crippen LogP contribution in [-0.2, 0) is 22.6 Å². The fourth-order valence-corrected chi connectivity index (χ4v) is 5.51. The van der Waals surface area contributed by atoms with E-state index in [4.69, 9.17) is 0 Å². The lowest BCUT2D eigenvalue weighted by molar-refractivity contribution is -0.134. The summed E-state index contributed by atoms with van der Waals surface area (Å²) in [5, 5.41) is 5.99. The number of amides is 2. The summed E-state index contributed by atoms with van der Waals surface area (Å²) in [7, 11) is 1.55. The first-order chi connectivity index (χ1) is 18.6. The van der Waals surface area contributed by atoms with E-state index in [0.29, 0.717) is 14.8 Å². The van der Waals surface area contributed by atoms with E-state index in [0.717, 1.165) is 17.4 Å². The second-order valence-electron chi connectivity index (χ2n) is 10.00. The minimum atomic E-state index is -1.01. The fourth-order valence-electron chi connectivity index (χ4n) is 5.06. The van der Waals surface area contributed by atoms with E-state index in [1.165, 1.54) is 15.5 Å². The largest absolute Gasteiger partial charge is 0.359 e. The molecule has 3 aromatic rings. The highest BCUT2D eigenvalue weighted by Gasteiger charge is 2.41. The predicted molar refractivity (Wildman–Crippen MR) is 154 cm³/mol. The van der Waals surface area contributed by atoms with Crippen LogP contribution in [0.2, 0.25) is 0 Å². The smallest absolute Gasteiger partial charge is 0.335 e. The van der Waals surface area contributed by atoms with Crippen molar-refractivity contribution in [3.63, 3.8) is 0 Å². The average molecular weight is 645 g/mol. The molecule has 2 N–H and O–H groups in total. The van der Waals surface area contributed by atoms with Crippen molar-refractivity contribution in [1.29, 1.82) is 0 Å². The molecular formula is C28H29FIN5O4. The highest BCUT2D eigenvalue weighted by molar-refractivity contribution is 14.1. The molecule has 1 saturated carbocycles. The molecule has 1 aliphatic heterocycles. The number of hydrogen-bond donors (Lipinski definition) is 2. The van der Waals surface area contributed by atoms with Gasteiger partial charge in [0.1, 0.15) is 12.0 Å². The number of nitrogens with zero attached hydrogens (tertiary/aromatic N) is 3. The first kappa shape index (κ1) is 27.1. The lowest BCUT2D eigenvalue weighted by Crippen LogP contribution is -2.52. The van der Waals surface area contributed by atoms with Crippen LogP contribution in [-0.4, -0.2) is 38.9 Å². The van der Waals surface area contributed by atoms with Crippen molar-refractivity contribution in [2.45, 2.75) is 57.8 Å². The molecule has 204 valence electrons. The molecule has 39 heavy (non-hydrogen) atoms. The summed E-state index contributed by atoms with van der Waals surface area (Å²) in [6.45, 7) is 3.45. The Bertz CT molecular complexity index is 1600. The van der Waals surface area contributed by atoms with Crippen LogP contribution < -0.4 is 21.9 Å². The van der Waals surface area contributed by atoms with Crippen molar-refractivity contribution in [3.05, 3.63) is 89.5 Å². The van der Waals surface area contributed by atoms with Crippen molar-refractivity contribution >= 4 is 40.1 Å². The summed E-state index contributed by atoms with van der Waals surface area (Å²) in [5.74, 6) is -1.77. The normalized spacial score (nSPS) is 18.6. The molecule has 0 spiro atoms. The Balaban J connectivity index is 1.68. The fraction of sp³-hybridized carbons (Fsp3) is 0.357. The molecule has 9 nitrogen and oxygen atoms in total. The maximum absolute atomic E-state index is 14.8. The van der Waals surface area contributed by atoms with Crippen molar-refractivity contribution in [3.8, 4) is 5.69 Å². The standard InChI is InChI=1S/C28H29FIN5O4/c1-4-34-27(38)23-24(15(2)26(37)33(3)25(23)32-21-11-8-17(30)14-20(21)29)35(28(34)39)19-7-5-6-16(12-19)13-22(36)31-18-9-10-18/h5-8,11-12,14-15,18,25,32H,4,9-10,13H2,1-3H3,(H,31,36). The number of fused-ring (bicyclic) bond motifs is 1. The molecule has 2 amide bonds. The van der Waals surface area contributed by atoms with Gasteiger partial charge in [-0.25, -0.2) is 9.18 Å². The summed E-state index contributed by atoms with van der Waals surface area (Å²) < 4.78 is 18.0. The highest BCUT2D eigenvalue weighted by atomic mass is 127. The van der Waals surface area contributed by atoms with E-state index in [2.05, 4.69) is 10.6 Å². The molecule has 5 rings (SSSR count). The van der Waals surface area contributed by atoms with Gasteiger partial charge in [0, 0.05) is 23.2 Å². The summed E-state index contributed by atoms with van der Waals surface area (Å²) in [5.41, 5.74) is 0.598. The van der Waals surface area contributed by atoms with Crippen LogP contribution in [0.15, 0.2) is 52.1 Å². The molecule has 11 heteroatoms. The molecule has 2 unspecified atom stereocenters. The monoisotopic (exact) mass is 645 g/mol. The number of carbonyl (C=O) groups excluding carboxylic acids is 2. The van der Waals surface area contributed by atoms with Crippen LogP contribution in [0.4, 0.5) is 10.1 Å². The van der Waals surface area contributed by atoms with Gasteiger partial charge in [-0.1, -0.05) is 12.1 Å². The Kier molecular flexibility index (Phi) is 7.36. The van der Waals surface area contributed by atoms with Crippen LogP contribution in [0.5, 0.6) is 0 Å². The van der Waals surface area contributed by atoms with Gasteiger partial charge in [-0.2, -0.15) is 0 Å². The molecular weight excluding hydrogens is 616 g/mol. The second-order valence-corrected chi connectivity index (χ2v) is 11.2. The maximum Gasteiger partial charge on any atom is 0.335 e. The molecule has 2 aromatic carbocycles. The molecule has 1 aromatic heterocycles. The molecule has 0 saturated heterocycles. The van der Waals surface area contributed by atoms with Crippen LogP contribution >= 0.6 is 22.6 Å². The van der Waals surface area contributed by atoms with Crippen LogP contribution in [0.1, 0.15) is 55.6 Å². The summed E-state index contributed by atoms with van der Waals surface area (Å²) in [6.07, 6.45) is 1.09. The number of aromatic nitrogens is 2. The number of anilines is 1. The molecule has 2 heterocycles. The Labute approximate surface area is 238 Å². The minimum Gasteiger partial charge on any atom is -0.359 e. The average Bonchev–Trinajstić information content (AvgIpc) is 3.70. The zero-order valence-corrected chi connectivity index (χ0v) is 24.0. The zero-order valence-electron chi connectivity index (χ0n) is 21.8. The van der Waals surface area contributed by atoms with Gasteiger partial charge >= 0.3 is 5.69 Å². The Hall–Kier alpha value is -3.48. The zero-order chi connectivity index (χ0) is 28.0. The van der Waals surface area contributed by atoms with Gasteiger partial charge in [-0.05, 0) is 85.2 Å². The van der Waals surface area contributed by atoms with E-state index in [-0.39, 0.29) is 47.8 Å². The number of hydrogen-bond acceptors (Lipinski definition) is 5. The van der Waals surface area contributed by atoms with E-state index in [1.807, 2.05) is 22.6 Å². The molecule has 1 aliphatic carbocycles. The SMILES string of the molecule is CCn1c(=O)c2c(n(-c3cccc(CC(=O)NC4CC4)c3)c1=O)C(C)C(=O)N(C)C2Nc1ccc(I)cc1F. The number of benzene rings is 2. The number of carbonyl (C=O) groups is 2. The molecule has 1 fully saturated rings. The second kappa shape index (κ2) is 10.6. The van der Waals surface area contributed by atoms with Crippen LogP contribution in [0, 0.1) is 9.39 Å². The quantitative estimate of drug-likeness (QED) is 0.384. The van der Waals surface area contributed by atoms with Crippen molar-refractivity contribution in [2.24, 2.45) is 0 Å². The third-order valence-corrected chi connectivity index (χ3v) is 7.89. The lowest BCUT2D eigenvalue weighted by atomic mass is 9.93. The Morgan fingerprint density at radius 3 is 2.54 bits per heavy atom. The van der Waals surface area contributed by atoms with Gasteiger partial charge in [0.05, 0.1) is 35.0 Å².